The van der Waals surface area contributed by atoms with Crippen LogP contribution in [0.5, 0.6) is 0 Å². The minimum atomic E-state index is -3.56. The Bertz CT molecular complexity index is 926. The van der Waals surface area contributed by atoms with E-state index in [-0.39, 0.29) is 17.9 Å². The van der Waals surface area contributed by atoms with E-state index in [1.807, 2.05) is 18.2 Å². The van der Waals surface area contributed by atoms with Gasteiger partial charge in [0.05, 0.1) is 5.92 Å². The summed E-state index contributed by atoms with van der Waals surface area (Å²) < 4.78 is 0. The molecule has 0 bridgehead atoms. The maximum Gasteiger partial charge on any atom is 0.402 e. The van der Waals surface area contributed by atoms with Gasteiger partial charge in [0, 0.05) is 30.0 Å². The number of rotatable bonds is 5. The maximum atomic E-state index is 12.6. The van der Waals surface area contributed by atoms with Crippen LogP contribution in [0.15, 0.2) is 60.9 Å². The van der Waals surface area contributed by atoms with Crippen molar-refractivity contribution in [2.24, 2.45) is 5.73 Å². The molecule has 1 amide bonds. The van der Waals surface area contributed by atoms with Crippen LogP contribution in [0.1, 0.15) is 11.5 Å². The number of nitrogens with one attached hydrogen (secondary N) is 1. The van der Waals surface area contributed by atoms with E-state index in [1.165, 1.54) is 24.3 Å². The molecule has 1 aromatic heterocycles. The predicted molar refractivity (Wildman–Crippen MR) is 101 cm³/mol. The van der Waals surface area contributed by atoms with Crippen molar-refractivity contribution < 1.29 is 19.9 Å². The molecule has 134 valence electrons. The monoisotopic (exact) mass is 352 g/mol. The number of hydrogen-bond acceptors (Lipinski definition) is 6. The highest BCUT2D eigenvalue weighted by Crippen LogP contribution is 2.21. The Morgan fingerprint density at radius 2 is 1.81 bits per heavy atom. The van der Waals surface area contributed by atoms with Crippen molar-refractivity contribution in [2.75, 3.05) is 11.9 Å². The average molecular weight is 352 g/mol. The molecule has 26 heavy (non-hydrogen) atoms. The molecule has 0 aliphatic heterocycles. The third kappa shape index (κ3) is 3.89. The first-order valence-corrected chi connectivity index (χ1v) is 8.15. The summed E-state index contributed by atoms with van der Waals surface area (Å²) in [6, 6.07) is 13.2. The lowest BCUT2D eigenvalue weighted by Gasteiger charge is -2.22. The number of nitrogens with two attached hydrogens (primary N) is 1. The number of nitrogens with zero attached hydrogens (tertiary/aromatic N) is 1. The maximum absolute atomic E-state index is 12.6. The number of carbonyl (C=O) groups is 1. The fraction of sp³-hybridized carbons (Fsp3) is 0.111. The van der Waals surface area contributed by atoms with E-state index in [0.717, 1.165) is 10.8 Å². The van der Waals surface area contributed by atoms with E-state index < -0.39 is 12.7 Å². The quantitative estimate of drug-likeness (QED) is 0.413. The van der Waals surface area contributed by atoms with Crippen molar-refractivity contribution in [3.63, 3.8) is 0 Å². The molecule has 0 saturated heterocycles. The van der Waals surface area contributed by atoms with Gasteiger partial charge < -0.3 is 26.1 Å². The Morgan fingerprint density at radius 1 is 1.08 bits per heavy atom. The number of fused-ring (bicyclic) bond motifs is 1. The predicted octanol–water partition coefficient (Wildman–Crippen LogP) is 0.0386. The third-order valence-corrected chi connectivity index (χ3v) is 4.25. The summed E-state index contributed by atoms with van der Waals surface area (Å²) in [6.45, 7) is -3.48. The molecule has 0 saturated carbocycles. The van der Waals surface area contributed by atoms with Crippen LogP contribution in [-0.4, -0.2) is 39.3 Å². The standard InChI is InChI=1S/C18H19BN3O4/c20-10-17(12-1-4-15(5-2-12)19(24,25)26)18(23)22-16-6-3-14-11-21-8-7-13(14)9-16/h1-9,11,17,24-26H,10,20H2,(H,22,23)/q-1. The highest BCUT2D eigenvalue weighted by Gasteiger charge is 2.22. The lowest BCUT2D eigenvalue weighted by molar-refractivity contribution is -0.117. The zero-order valence-electron chi connectivity index (χ0n) is 13.9. The fourth-order valence-corrected chi connectivity index (χ4v) is 2.77. The van der Waals surface area contributed by atoms with Crippen LogP contribution in [-0.2, 0) is 4.79 Å². The van der Waals surface area contributed by atoms with Gasteiger partial charge in [0.1, 0.15) is 0 Å². The van der Waals surface area contributed by atoms with Gasteiger partial charge in [0.15, 0.2) is 0 Å². The lowest BCUT2D eigenvalue weighted by atomic mass is 9.71. The van der Waals surface area contributed by atoms with Gasteiger partial charge in [-0.05, 0) is 29.1 Å². The smallest absolute Gasteiger partial charge is 0.402 e. The van der Waals surface area contributed by atoms with Crippen LogP contribution in [0.3, 0.4) is 0 Å². The van der Waals surface area contributed by atoms with Gasteiger partial charge in [0.25, 0.3) is 0 Å². The summed E-state index contributed by atoms with van der Waals surface area (Å²) in [4.78, 5) is 16.7. The van der Waals surface area contributed by atoms with Gasteiger partial charge in [-0.25, -0.2) is 0 Å². The van der Waals surface area contributed by atoms with E-state index in [9.17, 15) is 19.9 Å². The summed E-state index contributed by atoms with van der Waals surface area (Å²) in [7, 11) is 0. The summed E-state index contributed by atoms with van der Waals surface area (Å²) in [5.41, 5.74) is 6.98. The SMILES string of the molecule is NCC(C(=O)Nc1ccc2cnccc2c1)c1ccc([B-](O)(O)O)cc1. The first-order valence-electron chi connectivity index (χ1n) is 8.15. The molecule has 1 heterocycles. The average Bonchev–Trinajstić information content (AvgIpc) is 2.62. The van der Waals surface area contributed by atoms with Crippen LogP contribution < -0.4 is 16.5 Å². The molecular formula is C18H19BN3O4-. The van der Waals surface area contributed by atoms with Crippen LogP contribution >= 0.6 is 0 Å². The second-order valence-electron chi connectivity index (χ2n) is 6.12. The van der Waals surface area contributed by atoms with Crippen molar-refractivity contribution in [3.05, 3.63) is 66.5 Å². The number of benzene rings is 2. The summed E-state index contributed by atoms with van der Waals surface area (Å²) in [5, 5.41) is 32.5. The number of amides is 1. The van der Waals surface area contributed by atoms with Gasteiger partial charge in [-0.1, -0.05) is 30.3 Å². The molecule has 8 heteroatoms. The molecule has 3 aromatic rings. The van der Waals surface area contributed by atoms with E-state index in [4.69, 9.17) is 5.73 Å². The zero-order chi connectivity index (χ0) is 18.7. The number of pyridine rings is 1. The number of hydrogen-bond donors (Lipinski definition) is 5. The Hall–Kier alpha value is -2.78. The molecule has 1 unspecified atom stereocenters. The largest absolute Gasteiger partial charge is 0.556 e. The molecule has 6 N–H and O–H groups in total. The van der Waals surface area contributed by atoms with E-state index >= 15 is 0 Å². The van der Waals surface area contributed by atoms with Crippen molar-refractivity contribution >= 4 is 34.6 Å². The summed E-state index contributed by atoms with van der Waals surface area (Å²) in [5.74, 6) is -0.891. The van der Waals surface area contributed by atoms with Gasteiger partial charge in [-0.15, -0.1) is 5.46 Å². The normalized spacial score (nSPS) is 12.8. The molecule has 3 rings (SSSR count). The molecular weight excluding hydrogens is 333 g/mol. The molecule has 0 radical (unpaired) electrons. The minimum Gasteiger partial charge on any atom is -0.556 e. The molecule has 1 atom stereocenters. The Labute approximate surface area is 150 Å². The van der Waals surface area contributed by atoms with Gasteiger partial charge in [-0.3, -0.25) is 9.78 Å². The van der Waals surface area contributed by atoms with Crippen molar-refractivity contribution in [2.45, 2.75) is 5.92 Å². The van der Waals surface area contributed by atoms with Crippen LogP contribution in [0.25, 0.3) is 10.8 Å². The second-order valence-corrected chi connectivity index (χ2v) is 6.12. The topological polar surface area (TPSA) is 129 Å². The van der Waals surface area contributed by atoms with Gasteiger partial charge >= 0.3 is 6.75 Å². The van der Waals surface area contributed by atoms with E-state index in [0.29, 0.717) is 11.3 Å². The molecule has 0 spiro atoms. The Morgan fingerprint density at radius 3 is 2.46 bits per heavy atom. The van der Waals surface area contributed by atoms with E-state index in [1.54, 1.807) is 18.5 Å². The molecule has 0 aliphatic rings. The first kappa shape index (κ1) is 18.0. The molecule has 0 fully saturated rings. The molecule has 7 nitrogen and oxygen atoms in total. The minimum absolute atomic E-state index is 0.0342. The van der Waals surface area contributed by atoms with Crippen LogP contribution in [0.4, 0.5) is 5.69 Å². The van der Waals surface area contributed by atoms with Gasteiger partial charge in [-0.2, -0.15) is 0 Å². The van der Waals surface area contributed by atoms with Crippen molar-refractivity contribution in [1.82, 2.24) is 4.98 Å². The zero-order valence-corrected chi connectivity index (χ0v) is 13.9. The summed E-state index contributed by atoms with van der Waals surface area (Å²) >= 11 is 0. The fourth-order valence-electron chi connectivity index (χ4n) is 2.77. The third-order valence-electron chi connectivity index (χ3n) is 4.25. The van der Waals surface area contributed by atoms with Crippen LogP contribution in [0.2, 0.25) is 0 Å². The number of anilines is 1. The van der Waals surface area contributed by atoms with Crippen LogP contribution in [0, 0.1) is 0 Å². The first-order chi connectivity index (χ1) is 12.4. The Kier molecular flexibility index (Phi) is 5.01. The summed E-state index contributed by atoms with van der Waals surface area (Å²) in [6.07, 6.45) is 3.43. The lowest BCUT2D eigenvalue weighted by Crippen LogP contribution is -2.48. The Balaban J connectivity index is 1.79. The molecule has 2 aromatic carbocycles. The molecule has 0 aliphatic carbocycles. The number of aromatic nitrogens is 1. The van der Waals surface area contributed by atoms with E-state index in [2.05, 4.69) is 10.3 Å². The van der Waals surface area contributed by atoms with Gasteiger partial charge in [0.2, 0.25) is 5.91 Å². The van der Waals surface area contributed by atoms with Crippen molar-refractivity contribution in [3.8, 4) is 0 Å². The highest BCUT2D eigenvalue weighted by molar-refractivity contribution is 6.71. The number of carbonyl (C=O) groups excluding carboxylic acids is 1. The van der Waals surface area contributed by atoms with Crippen molar-refractivity contribution in [1.29, 1.82) is 0 Å². The highest BCUT2D eigenvalue weighted by atomic mass is 16.5. The second kappa shape index (κ2) is 7.23.